The summed E-state index contributed by atoms with van der Waals surface area (Å²) in [6.45, 7) is 0.505. The van der Waals surface area contributed by atoms with Crippen molar-refractivity contribution in [1.82, 2.24) is 14.9 Å². The van der Waals surface area contributed by atoms with E-state index in [0.29, 0.717) is 17.3 Å². The molecule has 2 N–H and O–H groups in total. The first kappa shape index (κ1) is 10.8. The second kappa shape index (κ2) is 4.45. The monoisotopic (exact) mass is 237 g/mol. The Bertz CT molecular complexity index is 487. The average Bonchev–Trinajstić information content (AvgIpc) is 2.84. The Balaban J connectivity index is 2.01. The van der Waals surface area contributed by atoms with Gasteiger partial charge in [-0.2, -0.15) is 0 Å². The highest BCUT2D eigenvalue weighted by molar-refractivity contribution is 6.31. The third-order valence-corrected chi connectivity index (χ3v) is 2.53. The van der Waals surface area contributed by atoms with E-state index in [1.54, 1.807) is 23.9 Å². The first-order chi connectivity index (χ1) is 7.66. The number of aryl methyl sites for hydroxylation is 1. The Morgan fingerprint density at radius 1 is 1.62 bits per heavy atom. The molecule has 2 aromatic heterocycles. The van der Waals surface area contributed by atoms with Gasteiger partial charge in [-0.3, -0.25) is 4.79 Å². The van der Waals surface area contributed by atoms with E-state index in [0.717, 1.165) is 5.56 Å². The van der Waals surface area contributed by atoms with Crippen molar-refractivity contribution in [2.24, 2.45) is 7.05 Å². The second-order valence-corrected chi connectivity index (χ2v) is 3.99. The number of carbonyl (C=O) groups excluding carboxylic acids is 1. The van der Waals surface area contributed by atoms with E-state index in [1.165, 1.54) is 0 Å². The van der Waals surface area contributed by atoms with Gasteiger partial charge in [0.25, 0.3) is 5.91 Å². The van der Waals surface area contributed by atoms with Crippen LogP contribution < -0.4 is 5.32 Å². The van der Waals surface area contributed by atoms with Gasteiger partial charge in [-0.15, -0.1) is 0 Å². The minimum atomic E-state index is -0.129. The number of aromatic amines is 1. The number of H-pyrrole nitrogens is 1. The molecule has 0 atom stereocenters. The maximum Gasteiger partial charge on any atom is 0.268 e. The zero-order chi connectivity index (χ0) is 11.5. The molecular weight excluding hydrogens is 226 g/mol. The van der Waals surface area contributed by atoms with Crippen molar-refractivity contribution in [3.05, 3.63) is 47.0 Å². The number of nitrogens with zero attached hydrogens (tertiary/aromatic N) is 1. The van der Waals surface area contributed by atoms with Crippen molar-refractivity contribution in [2.45, 2.75) is 6.54 Å². The molecule has 84 valence electrons. The zero-order valence-corrected chi connectivity index (χ0v) is 9.58. The van der Waals surface area contributed by atoms with Crippen LogP contribution in [0.5, 0.6) is 0 Å². The van der Waals surface area contributed by atoms with Crippen molar-refractivity contribution in [1.29, 1.82) is 0 Å². The first-order valence-electron chi connectivity index (χ1n) is 4.88. The zero-order valence-electron chi connectivity index (χ0n) is 8.83. The molecule has 0 fully saturated rings. The average molecular weight is 238 g/mol. The molecule has 0 unspecified atom stereocenters. The molecule has 0 radical (unpaired) electrons. The quantitative estimate of drug-likeness (QED) is 0.842. The van der Waals surface area contributed by atoms with Crippen LogP contribution in [0.1, 0.15) is 16.1 Å². The fourth-order valence-electron chi connectivity index (χ4n) is 1.49. The number of rotatable bonds is 3. The molecule has 2 heterocycles. The molecule has 5 heteroatoms. The lowest BCUT2D eigenvalue weighted by Crippen LogP contribution is -2.24. The van der Waals surface area contributed by atoms with E-state index < -0.39 is 0 Å². The van der Waals surface area contributed by atoms with Crippen LogP contribution in [0.4, 0.5) is 0 Å². The minimum absolute atomic E-state index is 0.129. The Morgan fingerprint density at radius 3 is 3.00 bits per heavy atom. The Labute approximate surface area is 98.2 Å². The smallest absolute Gasteiger partial charge is 0.268 e. The van der Waals surface area contributed by atoms with Gasteiger partial charge in [0.05, 0.1) is 5.02 Å². The van der Waals surface area contributed by atoms with Crippen LogP contribution >= 0.6 is 11.6 Å². The molecule has 4 nitrogen and oxygen atoms in total. The fraction of sp³-hybridized carbons (Fsp3) is 0.182. The predicted octanol–water partition coefficient (Wildman–Crippen LogP) is 1.94. The van der Waals surface area contributed by atoms with Gasteiger partial charge in [-0.1, -0.05) is 11.6 Å². The summed E-state index contributed by atoms with van der Waals surface area (Å²) in [6.07, 6.45) is 5.37. The molecule has 2 aromatic rings. The summed E-state index contributed by atoms with van der Waals surface area (Å²) < 4.78 is 1.70. The number of aromatic nitrogens is 2. The van der Waals surface area contributed by atoms with Gasteiger partial charge in [-0.05, 0) is 17.7 Å². The first-order valence-corrected chi connectivity index (χ1v) is 5.26. The Morgan fingerprint density at radius 2 is 2.44 bits per heavy atom. The lowest BCUT2D eigenvalue weighted by atomic mass is 10.3. The maximum absolute atomic E-state index is 11.8. The number of hydrogen-bond donors (Lipinski definition) is 2. The molecule has 0 bridgehead atoms. The lowest BCUT2D eigenvalue weighted by molar-refractivity contribution is 0.0943. The van der Waals surface area contributed by atoms with E-state index in [2.05, 4.69) is 10.3 Å². The number of halogens is 1. The van der Waals surface area contributed by atoms with Crippen LogP contribution in [0.25, 0.3) is 0 Å². The standard InChI is InChI=1S/C11H12ClN3O/c1-15-7-9(12)4-10(15)11(16)14-6-8-2-3-13-5-8/h2-5,7,13H,6H2,1H3,(H,14,16). The number of hydrogen-bond acceptors (Lipinski definition) is 1. The van der Waals surface area contributed by atoms with E-state index in [4.69, 9.17) is 11.6 Å². The SMILES string of the molecule is Cn1cc(Cl)cc1C(=O)NCc1cc[nH]c1. The fourth-order valence-corrected chi connectivity index (χ4v) is 1.74. The van der Waals surface area contributed by atoms with E-state index in [-0.39, 0.29) is 5.91 Å². The predicted molar refractivity (Wildman–Crippen MR) is 62.4 cm³/mol. The Hall–Kier alpha value is -1.68. The largest absolute Gasteiger partial charge is 0.367 e. The summed E-state index contributed by atoms with van der Waals surface area (Å²) in [7, 11) is 1.79. The summed E-state index contributed by atoms with van der Waals surface area (Å²) in [6, 6.07) is 3.56. The highest BCUT2D eigenvalue weighted by Gasteiger charge is 2.10. The number of amides is 1. The third kappa shape index (κ3) is 2.28. The van der Waals surface area contributed by atoms with Gasteiger partial charge in [0, 0.05) is 32.2 Å². The van der Waals surface area contributed by atoms with Crippen LogP contribution in [0, 0.1) is 0 Å². The van der Waals surface area contributed by atoms with Crippen molar-refractivity contribution >= 4 is 17.5 Å². The summed E-state index contributed by atoms with van der Waals surface area (Å²) in [4.78, 5) is 14.7. The van der Waals surface area contributed by atoms with Gasteiger partial charge in [-0.25, -0.2) is 0 Å². The van der Waals surface area contributed by atoms with E-state index >= 15 is 0 Å². The van der Waals surface area contributed by atoms with Crippen molar-refractivity contribution < 1.29 is 4.79 Å². The normalized spacial score (nSPS) is 10.4. The number of carbonyl (C=O) groups is 1. The van der Waals surface area contributed by atoms with Gasteiger partial charge >= 0.3 is 0 Å². The third-order valence-electron chi connectivity index (χ3n) is 2.32. The number of nitrogens with one attached hydrogen (secondary N) is 2. The highest BCUT2D eigenvalue weighted by Crippen LogP contribution is 2.12. The van der Waals surface area contributed by atoms with Gasteiger partial charge in [0.15, 0.2) is 0 Å². The molecule has 2 rings (SSSR count). The summed E-state index contributed by atoms with van der Waals surface area (Å²) >= 11 is 5.80. The van der Waals surface area contributed by atoms with Crippen molar-refractivity contribution in [2.75, 3.05) is 0 Å². The molecule has 0 aliphatic heterocycles. The van der Waals surface area contributed by atoms with E-state index in [1.807, 2.05) is 18.5 Å². The van der Waals surface area contributed by atoms with Crippen LogP contribution in [-0.4, -0.2) is 15.5 Å². The van der Waals surface area contributed by atoms with Gasteiger partial charge in [0.1, 0.15) is 5.69 Å². The van der Waals surface area contributed by atoms with Gasteiger partial charge < -0.3 is 14.9 Å². The second-order valence-electron chi connectivity index (χ2n) is 3.56. The van der Waals surface area contributed by atoms with Crippen LogP contribution in [-0.2, 0) is 13.6 Å². The maximum atomic E-state index is 11.8. The molecule has 16 heavy (non-hydrogen) atoms. The van der Waals surface area contributed by atoms with Crippen molar-refractivity contribution in [3.63, 3.8) is 0 Å². The molecular formula is C11H12ClN3O. The molecule has 0 aliphatic rings. The minimum Gasteiger partial charge on any atom is -0.367 e. The molecule has 1 amide bonds. The summed E-state index contributed by atoms with van der Waals surface area (Å²) in [5, 5.41) is 3.38. The topological polar surface area (TPSA) is 49.8 Å². The lowest BCUT2D eigenvalue weighted by Gasteiger charge is -2.04. The summed E-state index contributed by atoms with van der Waals surface area (Å²) in [5.74, 6) is -0.129. The molecule has 0 spiro atoms. The highest BCUT2D eigenvalue weighted by atomic mass is 35.5. The Kier molecular flexibility index (Phi) is 3.01. The van der Waals surface area contributed by atoms with Crippen LogP contribution in [0.2, 0.25) is 5.02 Å². The van der Waals surface area contributed by atoms with Crippen molar-refractivity contribution in [3.8, 4) is 0 Å². The molecule has 0 saturated heterocycles. The molecule has 0 saturated carbocycles. The molecule has 0 aliphatic carbocycles. The van der Waals surface area contributed by atoms with Crippen LogP contribution in [0.15, 0.2) is 30.7 Å². The van der Waals surface area contributed by atoms with Gasteiger partial charge in [0.2, 0.25) is 0 Å². The molecule has 0 aromatic carbocycles. The van der Waals surface area contributed by atoms with Crippen LogP contribution in [0.3, 0.4) is 0 Å². The summed E-state index contributed by atoms with van der Waals surface area (Å²) in [5.41, 5.74) is 1.59. The van der Waals surface area contributed by atoms with E-state index in [9.17, 15) is 4.79 Å².